The van der Waals surface area contributed by atoms with Crippen molar-refractivity contribution in [3.63, 3.8) is 0 Å². The van der Waals surface area contributed by atoms with Gasteiger partial charge >= 0.3 is 17.9 Å². The number of ether oxygens (including phenoxy) is 3. The molecule has 0 rings (SSSR count). The summed E-state index contributed by atoms with van der Waals surface area (Å²) in [6.07, 6.45) is 80.4. The summed E-state index contributed by atoms with van der Waals surface area (Å²) >= 11 is 0. The highest BCUT2D eigenvalue weighted by Gasteiger charge is 2.19. The lowest BCUT2D eigenvalue weighted by Crippen LogP contribution is -2.30. The van der Waals surface area contributed by atoms with Gasteiger partial charge in [-0.1, -0.05) is 326 Å². The Bertz CT molecular complexity index is 1300. The first-order valence-electron chi connectivity index (χ1n) is 33.1. The standard InChI is InChI=1S/C69H126O6/c1-4-7-10-13-15-17-19-21-23-25-27-29-31-33-34-36-37-39-41-43-45-47-49-51-53-56-59-62-68(71)74-65-66(64-73-67(70)61-58-55-12-9-6-3)75-69(72)63-60-57-54-52-50-48-46-44-42-40-38-35-32-30-28-26-24-22-20-18-16-14-11-8-5-2/h7,10,15,17,21,23,27,29,66H,4-6,8-9,11-14,16,18-20,22,24-26,28,30-65H2,1-3H3/b10-7-,17-15-,23-21-,29-27-. The Morgan fingerprint density at radius 2 is 0.520 bits per heavy atom. The number of esters is 3. The summed E-state index contributed by atoms with van der Waals surface area (Å²) in [5.41, 5.74) is 0. The Balaban J connectivity index is 3.97. The van der Waals surface area contributed by atoms with Gasteiger partial charge in [-0.15, -0.1) is 0 Å². The lowest BCUT2D eigenvalue weighted by Gasteiger charge is -2.18. The summed E-state index contributed by atoms with van der Waals surface area (Å²) in [7, 11) is 0. The molecular weight excluding hydrogens is 925 g/mol. The molecule has 6 nitrogen and oxygen atoms in total. The minimum atomic E-state index is -0.767. The third-order valence-electron chi connectivity index (χ3n) is 14.8. The van der Waals surface area contributed by atoms with E-state index < -0.39 is 6.10 Å². The zero-order chi connectivity index (χ0) is 54.3. The van der Waals surface area contributed by atoms with E-state index in [1.807, 2.05) is 0 Å². The molecule has 0 saturated heterocycles. The number of hydrogen-bond acceptors (Lipinski definition) is 6. The van der Waals surface area contributed by atoms with Crippen LogP contribution < -0.4 is 0 Å². The molecule has 0 saturated carbocycles. The van der Waals surface area contributed by atoms with Gasteiger partial charge in [0.2, 0.25) is 0 Å². The van der Waals surface area contributed by atoms with Gasteiger partial charge in [0.05, 0.1) is 0 Å². The van der Waals surface area contributed by atoms with Gasteiger partial charge < -0.3 is 14.2 Å². The van der Waals surface area contributed by atoms with E-state index in [0.717, 1.165) is 89.9 Å². The van der Waals surface area contributed by atoms with Crippen molar-refractivity contribution in [2.24, 2.45) is 0 Å². The van der Waals surface area contributed by atoms with E-state index in [9.17, 15) is 14.4 Å². The van der Waals surface area contributed by atoms with Crippen molar-refractivity contribution in [2.75, 3.05) is 13.2 Å². The molecule has 0 N–H and O–H groups in total. The van der Waals surface area contributed by atoms with Crippen LogP contribution in [0.25, 0.3) is 0 Å². The molecule has 75 heavy (non-hydrogen) atoms. The van der Waals surface area contributed by atoms with Crippen molar-refractivity contribution < 1.29 is 28.6 Å². The second-order valence-corrected chi connectivity index (χ2v) is 22.4. The maximum absolute atomic E-state index is 12.8. The summed E-state index contributed by atoms with van der Waals surface area (Å²) in [5.74, 6) is -0.862. The van der Waals surface area contributed by atoms with E-state index >= 15 is 0 Å². The predicted molar refractivity (Wildman–Crippen MR) is 325 cm³/mol. The Morgan fingerprint density at radius 3 is 0.813 bits per heavy atom. The lowest BCUT2D eigenvalue weighted by atomic mass is 10.0. The second-order valence-electron chi connectivity index (χ2n) is 22.4. The minimum absolute atomic E-state index is 0.0689. The molecule has 0 spiro atoms. The van der Waals surface area contributed by atoms with Crippen LogP contribution in [0.4, 0.5) is 0 Å². The molecule has 0 aromatic rings. The largest absolute Gasteiger partial charge is 0.462 e. The maximum atomic E-state index is 12.8. The zero-order valence-corrected chi connectivity index (χ0v) is 50.3. The van der Waals surface area contributed by atoms with Crippen LogP contribution in [-0.4, -0.2) is 37.2 Å². The van der Waals surface area contributed by atoms with E-state index in [0.29, 0.717) is 19.3 Å². The number of rotatable bonds is 61. The van der Waals surface area contributed by atoms with Crippen molar-refractivity contribution in [3.05, 3.63) is 48.6 Å². The highest BCUT2D eigenvalue weighted by molar-refractivity contribution is 5.71. The average molecular weight is 1050 g/mol. The molecule has 1 atom stereocenters. The molecule has 0 amide bonds. The summed E-state index contributed by atoms with van der Waals surface area (Å²) in [6, 6.07) is 0. The highest BCUT2D eigenvalue weighted by atomic mass is 16.6. The van der Waals surface area contributed by atoms with Crippen molar-refractivity contribution in [1.29, 1.82) is 0 Å². The average Bonchev–Trinajstić information content (AvgIpc) is 3.41. The molecule has 0 radical (unpaired) electrons. The molecular formula is C69H126O6. The van der Waals surface area contributed by atoms with Gasteiger partial charge in [-0.3, -0.25) is 14.4 Å². The van der Waals surface area contributed by atoms with Crippen LogP contribution in [0.3, 0.4) is 0 Å². The number of unbranched alkanes of at least 4 members (excludes halogenated alkanes) is 42. The number of carbonyl (C=O) groups is 3. The quantitative estimate of drug-likeness (QED) is 0.0261. The molecule has 6 heteroatoms. The summed E-state index contributed by atoms with van der Waals surface area (Å²) in [4.78, 5) is 38.0. The van der Waals surface area contributed by atoms with Crippen molar-refractivity contribution in [2.45, 2.75) is 361 Å². The molecule has 0 aliphatic heterocycles. The van der Waals surface area contributed by atoms with Gasteiger partial charge in [-0.25, -0.2) is 0 Å². The first-order chi connectivity index (χ1) is 37.0. The molecule has 1 unspecified atom stereocenters. The predicted octanol–water partition coefficient (Wildman–Crippen LogP) is 22.6. The Hall–Kier alpha value is -2.63. The van der Waals surface area contributed by atoms with Gasteiger partial charge in [0.25, 0.3) is 0 Å². The first-order valence-corrected chi connectivity index (χ1v) is 33.1. The zero-order valence-electron chi connectivity index (χ0n) is 50.3. The van der Waals surface area contributed by atoms with Gasteiger partial charge in [-0.05, 0) is 57.8 Å². The van der Waals surface area contributed by atoms with E-state index in [1.54, 1.807) is 0 Å². The van der Waals surface area contributed by atoms with E-state index in [1.165, 1.54) is 225 Å². The van der Waals surface area contributed by atoms with Crippen LogP contribution in [0, 0.1) is 0 Å². The smallest absolute Gasteiger partial charge is 0.306 e. The van der Waals surface area contributed by atoms with Crippen LogP contribution in [0.5, 0.6) is 0 Å². The molecule has 0 aromatic heterocycles. The molecule has 0 heterocycles. The first kappa shape index (κ1) is 72.4. The molecule has 0 aliphatic carbocycles. The van der Waals surface area contributed by atoms with Gasteiger partial charge in [-0.2, -0.15) is 0 Å². The maximum Gasteiger partial charge on any atom is 0.306 e. The van der Waals surface area contributed by atoms with Gasteiger partial charge in [0, 0.05) is 19.3 Å². The minimum Gasteiger partial charge on any atom is -0.462 e. The van der Waals surface area contributed by atoms with Crippen LogP contribution in [0.2, 0.25) is 0 Å². The van der Waals surface area contributed by atoms with Crippen LogP contribution >= 0.6 is 0 Å². The van der Waals surface area contributed by atoms with E-state index in [2.05, 4.69) is 69.4 Å². The van der Waals surface area contributed by atoms with Crippen LogP contribution in [0.1, 0.15) is 355 Å². The molecule has 0 bridgehead atoms. The molecule has 0 aliphatic rings. The molecule has 0 fully saturated rings. The molecule has 438 valence electrons. The van der Waals surface area contributed by atoms with E-state index in [-0.39, 0.29) is 31.1 Å². The number of carbonyl (C=O) groups excluding carboxylic acids is 3. The number of allylic oxidation sites excluding steroid dienone is 8. The lowest BCUT2D eigenvalue weighted by molar-refractivity contribution is -0.167. The van der Waals surface area contributed by atoms with Crippen LogP contribution in [-0.2, 0) is 28.6 Å². The van der Waals surface area contributed by atoms with Gasteiger partial charge in [0.1, 0.15) is 13.2 Å². The van der Waals surface area contributed by atoms with E-state index in [4.69, 9.17) is 14.2 Å². The Morgan fingerprint density at radius 1 is 0.280 bits per heavy atom. The Labute approximate surface area is 467 Å². The normalized spacial score (nSPS) is 12.3. The summed E-state index contributed by atoms with van der Waals surface area (Å²) < 4.78 is 16.8. The fourth-order valence-electron chi connectivity index (χ4n) is 9.91. The summed E-state index contributed by atoms with van der Waals surface area (Å²) in [5, 5.41) is 0. The topological polar surface area (TPSA) is 78.9 Å². The second kappa shape index (κ2) is 63.9. The summed E-state index contributed by atoms with van der Waals surface area (Å²) in [6.45, 7) is 6.50. The third-order valence-corrected chi connectivity index (χ3v) is 14.8. The number of hydrogen-bond donors (Lipinski definition) is 0. The van der Waals surface area contributed by atoms with Crippen LogP contribution in [0.15, 0.2) is 48.6 Å². The Kier molecular flexibility index (Phi) is 61.7. The third kappa shape index (κ3) is 62.1. The fourth-order valence-corrected chi connectivity index (χ4v) is 9.91. The monoisotopic (exact) mass is 1050 g/mol. The highest BCUT2D eigenvalue weighted by Crippen LogP contribution is 2.18. The molecule has 0 aromatic carbocycles. The SMILES string of the molecule is CC/C=C\C/C=C\C/C=C\C/C=C\CCCCCCCCCCCCCCCCC(=O)OCC(COC(=O)CCCCCCC)OC(=O)CCCCCCCCCCCCCCCCCCCCCCCCCCC. The van der Waals surface area contributed by atoms with Crippen molar-refractivity contribution in [1.82, 2.24) is 0 Å². The van der Waals surface area contributed by atoms with Crippen molar-refractivity contribution >= 4 is 17.9 Å². The van der Waals surface area contributed by atoms with Gasteiger partial charge in [0.15, 0.2) is 6.10 Å². The van der Waals surface area contributed by atoms with Crippen molar-refractivity contribution in [3.8, 4) is 0 Å². The fraction of sp³-hybridized carbons (Fsp3) is 0.841.